The Morgan fingerprint density at radius 3 is 2.74 bits per heavy atom. The molecule has 0 bridgehead atoms. The van der Waals surface area contributed by atoms with Crippen LogP contribution in [0.25, 0.3) is 10.9 Å². The average Bonchev–Trinajstić information content (AvgIpc) is 3.07. The van der Waals surface area contributed by atoms with Gasteiger partial charge in [-0.05, 0) is 69.7 Å². The molecule has 5 heteroatoms. The molecular weight excluding hydrogens is 334 g/mol. The van der Waals surface area contributed by atoms with E-state index in [1.54, 1.807) is 0 Å². The molecule has 1 aliphatic heterocycles. The lowest BCUT2D eigenvalue weighted by atomic mass is 9.92. The third kappa shape index (κ3) is 4.91. The third-order valence-corrected chi connectivity index (χ3v) is 6.30. The van der Waals surface area contributed by atoms with Gasteiger partial charge >= 0.3 is 0 Å². The Morgan fingerprint density at radius 1 is 1.04 bits per heavy atom. The van der Waals surface area contributed by atoms with Gasteiger partial charge in [-0.1, -0.05) is 18.2 Å². The van der Waals surface area contributed by atoms with Crippen LogP contribution in [0.5, 0.6) is 0 Å². The molecule has 1 aliphatic carbocycles. The van der Waals surface area contributed by atoms with E-state index in [1.807, 2.05) is 0 Å². The van der Waals surface area contributed by atoms with Gasteiger partial charge in [-0.3, -0.25) is 0 Å². The summed E-state index contributed by atoms with van der Waals surface area (Å²) in [6, 6.07) is 10.3. The fraction of sp³-hybridized carbons (Fsp3) is 0.636. The predicted octanol–water partition coefficient (Wildman–Crippen LogP) is 2.41. The van der Waals surface area contributed by atoms with Crippen LogP contribution in [-0.2, 0) is 13.0 Å². The lowest BCUT2D eigenvalue weighted by Gasteiger charge is -2.27. The first-order valence-electron chi connectivity index (χ1n) is 10.8. The second-order valence-corrected chi connectivity index (χ2v) is 8.39. The van der Waals surface area contributed by atoms with Crippen LogP contribution < -0.4 is 21.7 Å². The first-order chi connectivity index (χ1) is 13.3. The van der Waals surface area contributed by atoms with Crippen LogP contribution in [0.1, 0.15) is 49.8 Å². The highest BCUT2D eigenvalue weighted by Gasteiger charge is 2.21. The van der Waals surface area contributed by atoms with E-state index in [-0.39, 0.29) is 0 Å². The van der Waals surface area contributed by atoms with E-state index >= 15 is 0 Å². The zero-order chi connectivity index (χ0) is 18.5. The number of aromatic nitrogens is 1. The van der Waals surface area contributed by atoms with Crippen molar-refractivity contribution < 1.29 is 0 Å². The Bertz CT molecular complexity index is 717. The normalized spacial score (nSPS) is 25.6. The van der Waals surface area contributed by atoms with Gasteiger partial charge in [0.2, 0.25) is 0 Å². The number of aromatic amines is 1. The Balaban J connectivity index is 1.11. The van der Waals surface area contributed by atoms with E-state index in [0.29, 0.717) is 18.1 Å². The van der Waals surface area contributed by atoms with Gasteiger partial charge in [0, 0.05) is 47.8 Å². The number of benzene rings is 1. The highest BCUT2D eigenvalue weighted by atomic mass is 15.0. The molecule has 2 aromatic rings. The van der Waals surface area contributed by atoms with E-state index < -0.39 is 0 Å². The van der Waals surface area contributed by atoms with Crippen molar-refractivity contribution in [2.75, 3.05) is 19.6 Å². The zero-order valence-corrected chi connectivity index (χ0v) is 16.4. The summed E-state index contributed by atoms with van der Waals surface area (Å²) in [5, 5.41) is 12.4. The van der Waals surface area contributed by atoms with Gasteiger partial charge < -0.3 is 26.7 Å². The standard InChI is InChI=1S/C22H35N5/c23-16-7-9-17(10-8-16)25-12-4-3-11-24-14-18-13-20-19-5-1-2-6-21(19)27-22(20)15-26-18/h1-2,5-6,16-18,24-27H,3-4,7-15,23H2. The van der Waals surface area contributed by atoms with Crippen molar-refractivity contribution in [1.29, 1.82) is 0 Å². The number of fused-ring (bicyclic) bond motifs is 3. The number of para-hydroxylation sites is 1. The summed E-state index contributed by atoms with van der Waals surface area (Å²) in [6.45, 7) is 4.25. The molecule has 4 rings (SSSR count). The van der Waals surface area contributed by atoms with Crippen molar-refractivity contribution in [3.05, 3.63) is 35.5 Å². The molecule has 0 radical (unpaired) electrons. The quantitative estimate of drug-likeness (QED) is 0.463. The summed E-state index contributed by atoms with van der Waals surface area (Å²) in [5.41, 5.74) is 10.1. The number of nitrogens with one attached hydrogen (secondary N) is 4. The molecular formula is C22H35N5. The van der Waals surface area contributed by atoms with Gasteiger partial charge in [0.15, 0.2) is 0 Å². The largest absolute Gasteiger partial charge is 0.357 e. The summed E-state index contributed by atoms with van der Waals surface area (Å²) >= 11 is 0. The second-order valence-electron chi connectivity index (χ2n) is 8.39. The van der Waals surface area contributed by atoms with Gasteiger partial charge in [0.1, 0.15) is 0 Å². The molecule has 1 unspecified atom stereocenters. The molecule has 1 atom stereocenters. The topological polar surface area (TPSA) is 77.9 Å². The van der Waals surface area contributed by atoms with E-state index in [0.717, 1.165) is 32.6 Å². The average molecular weight is 370 g/mol. The molecule has 2 aliphatic rings. The smallest absolute Gasteiger partial charge is 0.0459 e. The van der Waals surface area contributed by atoms with E-state index in [1.165, 1.54) is 60.7 Å². The van der Waals surface area contributed by atoms with Gasteiger partial charge in [-0.25, -0.2) is 0 Å². The maximum atomic E-state index is 5.97. The summed E-state index contributed by atoms with van der Waals surface area (Å²) in [6.07, 6.45) is 8.48. The number of unbranched alkanes of at least 4 members (excludes halogenated alkanes) is 1. The fourth-order valence-corrected chi connectivity index (χ4v) is 4.63. The first-order valence-corrected chi connectivity index (χ1v) is 10.8. The highest BCUT2D eigenvalue weighted by Crippen LogP contribution is 2.26. The van der Waals surface area contributed by atoms with Crippen molar-refractivity contribution in [1.82, 2.24) is 20.9 Å². The summed E-state index contributed by atoms with van der Waals surface area (Å²) in [7, 11) is 0. The molecule has 27 heavy (non-hydrogen) atoms. The van der Waals surface area contributed by atoms with Crippen LogP contribution in [0.4, 0.5) is 0 Å². The monoisotopic (exact) mass is 369 g/mol. The number of hydrogen-bond acceptors (Lipinski definition) is 4. The van der Waals surface area contributed by atoms with E-state index in [9.17, 15) is 0 Å². The molecule has 1 saturated carbocycles. The minimum atomic E-state index is 0.445. The number of H-pyrrole nitrogens is 1. The Kier molecular flexibility index (Phi) is 6.45. The van der Waals surface area contributed by atoms with Gasteiger partial charge in [0.05, 0.1) is 0 Å². The van der Waals surface area contributed by atoms with Crippen molar-refractivity contribution >= 4 is 10.9 Å². The van der Waals surface area contributed by atoms with Crippen molar-refractivity contribution in [2.24, 2.45) is 5.73 Å². The molecule has 1 aromatic heterocycles. The van der Waals surface area contributed by atoms with Crippen LogP contribution in [0, 0.1) is 0 Å². The molecule has 0 spiro atoms. The number of rotatable bonds is 8. The van der Waals surface area contributed by atoms with Crippen LogP contribution in [0.2, 0.25) is 0 Å². The molecule has 148 valence electrons. The van der Waals surface area contributed by atoms with Crippen LogP contribution in [0.15, 0.2) is 24.3 Å². The SMILES string of the molecule is NC1CCC(NCCCCNCC2Cc3c([nH]c4ccccc34)CN2)CC1. The molecule has 1 aromatic carbocycles. The van der Waals surface area contributed by atoms with Gasteiger partial charge in [-0.15, -0.1) is 0 Å². The van der Waals surface area contributed by atoms with Crippen molar-refractivity contribution in [3.8, 4) is 0 Å². The fourth-order valence-electron chi connectivity index (χ4n) is 4.63. The molecule has 5 nitrogen and oxygen atoms in total. The Hall–Kier alpha value is -1.40. The van der Waals surface area contributed by atoms with Crippen molar-refractivity contribution in [3.63, 3.8) is 0 Å². The summed E-state index contributed by atoms with van der Waals surface area (Å²) in [4.78, 5) is 3.56. The minimum absolute atomic E-state index is 0.445. The van der Waals surface area contributed by atoms with Gasteiger partial charge in [0.25, 0.3) is 0 Å². The van der Waals surface area contributed by atoms with E-state index in [4.69, 9.17) is 5.73 Å². The highest BCUT2D eigenvalue weighted by molar-refractivity contribution is 5.84. The number of hydrogen-bond donors (Lipinski definition) is 5. The number of nitrogens with two attached hydrogens (primary N) is 1. The lowest BCUT2D eigenvalue weighted by Crippen LogP contribution is -2.43. The Labute approximate surface area is 162 Å². The van der Waals surface area contributed by atoms with E-state index in [2.05, 4.69) is 45.2 Å². The molecule has 0 saturated heterocycles. The minimum Gasteiger partial charge on any atom is -0.357 e. The van der Waals surface area contributed by atoms with Gasteiger partial charge in [-0.2, -0.15) is 0 Å². The summed E-state index contributed by atoms with van der Waals surface area (Å²) < 4.78 is 0. The van der Waals surface area contributed by atoms with Crippen LogP contribution in [0.3, 0.4) is 0 Å². The predicted molar refractivity (Wildman–Crippen MR) is 113 cm³/mol. The molecule has 1 fully saturated rings. The second kappa shape index (κ2) is 9.20. The van der Waals surface area contributed by atoms with Crippen molar-refractivity contribution in [2.45, 2.75) is 69.6 Å². The third-order valence-electron chi connectivity index (χ3n) is 6.30. The molecule has 0 amide bonds. The summed E-state index contributed by atoms with van der Waals surface area (Å²) in [5.74, 6) is 0. The molecule has 6 N–H and O–H groups in total. The Morgan fingerprint density at radius 2 is 1.85 bits per heavy atom. The maximum absolute atomic E-state index is 5.97. The maximum Gasteiger partial charge on any atom is 0.0459 e. The molecule has 2 heterocycles. The first kappa shape index (κ1) is 18.9. The lowest BCUT2D eigenvalue weighted by molar-refractivity contribution is 0.340. The van der Waals surface area contributed by atoms with Crippen LogP contribution >= 0.6 is 0 Å². The zero-order valence-electron chi connectivity index (χ0n) is 16.4. The van der Waals surface area contributed by atoms with Crippen LogP contribution in [-0.4, -0.2) is 42.7 Å².